The molecule has 0 saturated heterocycles. The van der Waals surface area contributed by atoms with Gasteiger partial charge >= 0.3 is 5.97 Å². The molecule has 0 N–H and O–H groups in total. The first-order valence-electron chi connectivity index (χ1n) is 8.54. The van der Waals surface area contributed by atoms with Crippen molar-refractivity contribution in [2.45, 2.75) is 39.7 Å². The van der Waals surface area contributed by atoms with E-state index in [1.54, 1.807) is 12.1 Å². The smallest absolute Gasteiger partial charge is 0.292 e. The Labute approximate surface area is 146 Å². The van der Waals surface area contributed by atoms with Crippen LogP contribution in [0.25, 0.3) is 0 Å². The van der Waals surface area contributed by atoms with Crippen molar-refractivity contribution < 1.29 is 14.6 Å². The van der Waals surface area contributed by atoms with E-state index in [2.05, 4.69) is 33.6 Å². The minimum Gasteiger partial charge on any atom is -0.292 e. The molecule has 0 aliphatic heterocycles. The zero-order valence-electron chi connectivity index (χ0n) is 14.9. The van der Waals surface area contributed by atoms with Crippen molar-refractivity contribution in [2.24, 2.45) is 11.8 Å². The standard InChI is InChI=1S/C20H27O3Si/c1-6-24(5,7-2)18-13-11-17(12-14-18)20(21)23-22-19-15(3)9-8-10-16(19)4/h6-7,11-16H,1-2,8-10H2,3-5H3. The molecule has 0 bridgehead atoms. The van der Waals surface area contributed by atoms with Crippen LogP contribution in [0.5, 0.6) is 0 Å². The van der Waals surface area contributed by atoms with Crippen LogP contribution in [0.4, 0.5) is 0 Å². The Morgan fingerprint density at radius 3 is 2.17 bits per heavy atom. The molecule has 1 radical (unpaired) electrons. The highest BCUT2D eigenvalue weighted by Crippen LogP contribution is 2.37. The van der Waals surface area contributed by atoms with E-state index in [1.165, 1.54) is 6.42 Å². The van der Waals surface area contributed by atoms with Crippen molar-refractivity contribution in [1.29, 1.82) is 0 Å². The largest absolute Gasteiger partial charge is 0.373 e. The summed E-state index contributed by atoms with van der Waals surface area (Å²) in [5, 5.41) is 1.16. The first kappa shape index (κ1) is 18.7. The predicted octanol–water partition coefficient (Wildman–Crippen LogP) is 4.50. The lowest BCUT2D eigenvalue weighted by atomic mass is 9.81. The quantitative estimate of drug-likeness (QED) is 0.433. The molecule has 2 atom stereocenters. The van der Waals surface area contributed by atoms with Crippen molar-refractivity contribution in [3.05, 3.63) is 60.5 Å². The number of rotatable bonds is 6. The van der Waals surface area contributed by atoms with Crippen molar-refractivity contribution in [3.8, 4) is 0 Å². The Morgan fingerprint density at radius 2 is 1.67 bits per heavy atom. The van der Waals surface area contributed by atoms with Crippen LogP contribution in [0.3, 0.4) is 0 Å². The second-order valence-corrected chi connectivity index (χ2v) is 10.8. The van der Waals surface area contributed by atoms with Gasteiger partial charge in [-0.05, 0) is 36.8 Å². The lowest BCUT2D eigenvalue weighted by molar-refractivity contribution is -0.253. The van der Waals surface area contributed by atoms with E-state index >= 15 is 0 Å². The topological polar surface area (TPSA) is 35.5 Å². The third-order valence-corrected chi connectivity index (χ3v) is 8.32. The molecule has 1 saturated carbocycles. The van der Waals surface area contributed by atoms with Crippen LogP contribution in [0, 0.1) is 17.9 Å². The fraction of sp³-hybridized carbons (Fsp3) is 0.400. The molecule has 1 aromatic rings. The van der Waals surface area contributed by atoms with Crippen molar-refractivity contribution >= 4 is 19.2 Å². The second-order valence-electron chi connectivity index (χ2n) is 6.86. The van der Waals surface area contributed by atoms with E-state index in [4.69, 9.17) is 9.78 Å². The maximum Gasteiger partial charge on any atom is 0.373 e. The molecule has 4 heteroatoms. The first-order chi connectivity index (χ1) is 11.4. The third-order valence-electron chi connectivity index (χ3n) is 5.05. The van der Waals surface area contributed by atoms with Crippen LogP contribution in [-0.2, 0) is 9.78 Å². The lowest BCUT2D eigenvalue weighted by Gasteiger charge is -2.31. The summed E-state index contributed by atoms with van der Waals surface area (Å²) in [4.78, 5) is 22.7. The van der Waals surface area contributed by atoms with Gasteiger partial charge < -0.3 is 0 Å². The summed E-state index contributed by atoms with van der Waals surface area (Å²) in [6.45, 7) is 14.2. The van der Waals surface area contributed by atoms with Crippen LogP contribution in [-0.4, -0.2) is 14.0 Å². The van der Waals surface area contributed by atoms with E-state index < -0.39 is 14.0 Å². The van der Waals surface area contributed by atoms with Gasteiger partial charge in [0.05, 0.1) is 5.56 Å². The zero-order chi connectivity index (χ0) is 17.7. The van der Waals surface area contributed by atoms with Gasteiger partial charge in [-0.3, -0.25) is 4.89 Å². The van der Waals surface area contributed by atoms with Gasteiger partial charge in [0.1, 0.15) is 8.07 Å². The Morgan fingerprint density at radius 1 is 1.12 bits per heavy atom. The summed E-state index contributed by atoms with van der Waals surface area (Å²) in [7, 11) is -1.85. The second kappa shape index (κ2) is 7.95. The van der Waals surface area contributed by atoms with Gasteiger partial charge in [-0.2, -0.15) is 4.89 Å². The molecule has 0 spiro atoms. The van der Waals surface area contributed by atoms with E-state index in [1.807, 2.05) is 23.5 Å². The highest BCUT2D eigenvalue weighted by Gasteiger charge is 2.32. The molecule has 3 nitrogen and oxygen atoms in total. The van der Waals surface area contributed by atoms with E-state index in [0.29, 0.717) is 17.4 Å². The van der Waals surface area contributed by atoms with Crippen LogP contribution in [0.15, 0.2) is 48.8 Å². The lowest BCUT2D eigenvalue weighted by Crippen LogP contribution is -2.40. The molecule has 2 rings (SSSR count). The Hall–Kier alpha value is -1.65. The minimum atomic E-state index is -1.85. The number of benzene rings is 1. The van der Waals surface area contributed by atoms with Gasteiger partial charge in [-0.25, -0.2) is 4.79 Å². The average molecular weight is 344 g/mol. The van der Waals surface area contributed by atoms with E-state index in [0.717, 1.165) is 24.1 Å². The SMILES string of the molecule is C=C[Si](C)(C=C)c1ccc(C(=O)OO[C]2C(C)CCCC2C)cc1. The first-order valence-corrected chi connectivity index (χ1v) is 11.2. The molecule has 1 aliphatic carbocycles. The number of carbonyl (C=O) groups is 1. The molecule has 0 heterocycles. The monoisotopic (exact) mass is 343 g/mol. The maximum absolute atomic E-state index is 12.2. The summed E-state index contributed by atoms with van der Waals surface area (Å²) in [5.41, 5.74) is 4.43. The van der Waals surface area contributed by atoms with Gasteiger partial charge in [0.15, 0.2) is 6.10 Å². The summed E-state index contributed by atoms with van der Waals surface area (Å²) in [5.74, 6) is 0.200. The van der Waals surface area contributed by atoms with Gasteiger partial charge in [-0.1, -0.05) is 55.5 Å². The van der Waals surface area contributed by atoms with E-state index in [-0.39, 0.29) is 0 Å². The molecular formula is C20H27O3Si. The summed E-state index contributed by atoms with van der Waals surface area (Å²) in [6.07, 6.45) is 4.24. The molecule has 129 valence electrons. The molecular weight excluding hydrogens is 316 g/mol. The fourth-order valence-electron chi connectivity index (χ4n) is 3.08. The molecule has 1 aliphatic rings. The Kier molecular flexibility index (Phi) is 6.19. The maximum atomic E-state index is 12.2. The number of hydrogen-bond acceptors (Lipinski definition) is 3. The summed E-state index contributed by atoms with van der Waals surface area (Å²) in [6, 6.07) is 7.45. The summed E-state index contributed by atoms with van der Waals surface area (Å²) < 4.78 is 0. The van der Waals surface area contributed by atoms with Crippen LogP contribution in [0.2, 0.25) is 6.55 Å². The number of carbonyl (C=O) groups excluding carboxylic acids is 1. The van der Waals surface area contributed by atoms with Crippen LogP contribution in [0.1, 0.15) is 43.5 Å². The van der Waals surface area contributed by atoms with Gasteiger partial charge in [0.2, 0.25) is 0 Å². The molecule has 24 heavy (non-hydrogen) atoms. The fourth-order valence-corrected chi connectivity index (χ4v) is 4.61. The van der Waals surface area contributed by atoms with Crippen LogP contribution < -0.4 is 5.19 Å². The molecule has 0 amide bonds. The third kappa shape index (κ3) is 4.05. The van der Waals surface area contributed by atoms with Crippen molar-refractivity contribution in [1.82, 2.24) is 0 Å². The van der Waals surface area contributed by atoms with Gasteiger partial charge in [0.25, 0.3) is 0 Å². The molecule has 1 fully saturated rings. The van der Waals surface area contributed by atoms with Gasteiger partial charge in [0, 0.05) is 0 Å². The summed E-state index contributed by atoms with van der Waals surface area (Å²) >= 11 is 0. The Balaban J connectivity index is 2.00. The molecule has 1 aromatic carbocycles. The highest BCUT2D eigenvalue weighted by molar-refractivity contribution is 6.98. The van der Waals surface area contributed by atoms with Crippen molar-refractivity contribution in [3.63, 3.8) is 0 Å². The Bertz CT molecular complexity index is 575. The van der Waals surface area contributed by atoms with Crippen LogP contribution >= 0.6 is 0 Å². The normalized spacial score (nSPS) is 22.0. The predicted molar refractivity (Wildman–Crippen MR) is 100 cm³/mol. The average Bonchev–Trinajstić information content (AvgIpc) is 2.60. The molecule has 0 aromatic heterocycles. The highest BCUT2D eigenvalue weighted by atomic mass is 28.3. The molecule has 2 unspecified atom stereocenters. The minimum absolute atomic E-state index is 0.329. The number of hydrogen-bond donors (Lipinski definition) is 0. The van der Waals surface area contributed by atoms with E-state index in [9.17, 15) is 4.79 Å². The zero-order valence-corrected chi connectivity index (χ0v) is 15.9. The van der Waals surface area contributed by atoms with Crippen molar-refractivity contribution in [2.75, 3.05) is 0 Å². The van der Waals surface area contributed by atoms with Gasteiger partial charge in [-0.15, -0.1) is 13.2 Å².